The van der Waals surface area contributed by atoms with Crippen molar-refractivity contribution in [2.24, 2.45) is 5.73 Å². The van der Waals surface area contributed by atoms with Gasteiger partial charge in [0.1, 0.15) is 5.76 Å². The molecular weight excluding hydrogens is 222 g/mol. The van der Waals surface area contributed by atoms with Crippen molar-refractivity contribution >= 4 is 0 Å². The Kier molecular flexibility index (Phi) is 3.58. The standard InChI is InChI=1S/C16H21NO/c1-16(2,3)14-6-4-12(5-7-14)10-13-8-9-18-15(13)11-17/h4-9H,10-11,17H2,1-3H3. The topological polar surface area (TPSA) is 39.2 Å². The zero-order valence-corrected chi connectivity index (χ0v) is 11.4. The molecule has 0 amide bonds. The van der Waals surface area contributed by atoms with Crippen LogP contribution in [0.25, 0.3) is 0 Å². The Morgan fingerprint density at radius 3 is 2.28 bits per heavy atom. The van der Waals surface area contributed by atoms with E-state index in [1.54, 1.807) is 6.26 Å². The number of hydrogen-bond acceptors (Lipinski definition) is 2. The summed E-state index contributed by atoms with van der Waals surface area (Å²) in [5, 5.41) is 0. The molecule has 1 aromatic heterocycles. The summed E-state index contributed by atoms with van der Waals surface area (Å²) in [6.45, 7) is 7.14. The van der Waals surface area contributed by atoms with Crippen molar-refractivity contribution < 1.29 is 4.42 Å². The van der Waals surface area contributed by atoms with Crippen LogP contribution in [-0.4, -0.2) is 0 Å². The molecule has 1 heterocycles. The number of furan rings is 1. The molecule has 0 spiro atoms. The maximum Gasteiger partial charge on any atom is 0.120 e. The Morgan fingerprint density at radius 1 is 1.06 bits per heavy atom. The highest BCUT2D eigenvalue weighted by Gasteiger charge is 2.13. The van der Waals surface area contributed by atoms with Crippen LogP contribution >= 0.6 is 0 Å². The summed E-state index contributed by atoms with van der Waals surface area (Å²) in [5.41, 5.74) is 9.67. The third kappa shape index (κ3) is 2.82. The number of benzene rings is 1. The van der Waals surface area contributed by atoms with E-state index in [1.165, 1.54) is 16.7 Å². The van der Waals surface area contributed by atoms with Gasteiger partial charge in [-0.15, -0.1) is 0 Å². The van der Waals surface area contributed by atoms with Crippen LogP contribution in [0.2, 0.25) is 0 Å². The molecule has 0 saturated carbocycles. The normalized spacial score (nSPS) is 11.8. The molecule has 0 fully saturated rings. The molecule has 1 aromatic carbocycles. The predicted molar refractivity (Wildman–Crippen MR) is 74.5 cm³/mol. The molecule has 0 radical (unpaired) electrons. The van der Waals surface area contributed by atoms with Gasteiger partial charge in [0.05, 0.1) is 12.8 Å². The average molecular weight is 243 g/mol. The van der Waals surface area contributed by atoms with Gasteiger partial charge in [-0.05, 0) is 28.2 Å². The van der Waals surface area contributed by atoms with Crippen LogP contribution in [-0.2, 0) is 18.4 Å². The summed E-state index contributed by atoms with van der Waals surface area (Å²) in [4.78, 5) is 0. The molecule has 0 aliphatic carbocycles. The molecule has 0 aliphatic heterocycles. The smallest absolute Gasteiger partial charge is 0.120 e. The van der Waals surface area contributed by atoms with Crippen molar-refractivity contribution in [1.82, 2.24) is 0 Å². The second-order valence-electron chi connectivity index (χ2n) is 5.70. The summed E-state index contributed by atoms with van der Waals surface area (Å²) in [7, 11) is 0. The molecule has 0 bridgehead atoms. The first-order chi connectivity index (χ1) is 8.50. The SMILES string of the molecule is CC(C)(C)c1ccc(Cc2ccoc2CN)cc1. The van der Waals surface area contributed by atoms with Gasteiger partial charge in [0.25, 0.3) is 0 Å². The second kappa shape index (κ2) is 4.99. The van der Waals surface area contributed by atoms with Gasteiger partial charge in [-0.2, -0.15) is 0 Å². The van der Waals surface area contributed by atoms with E-state index in [1.807, 2.05) is 6.07 Å². The van der Waals surface area contributed by atoms with E-state index in [4.69, 9.17) is 10.2 Å². The van der Waals surface area contributed by atoms with Gasteiger partial charge in [-0.25, -0.2) is 0 Å². The Labute approximate surface area is 109 Å². The minimum Gasteiger partial charge on any atom is -0.468 e. The van der Waals surface area contributed by atoms with E-state index in [0.717, 1.165) is 12.2 Å². The van der Waals surface area contributed by atoms with Crippen molar-refractivity contribution in [2.45, 2.75) is 39.2 Å². The highest BCUT2D eigenvalue weighted by molar-refractivity contribution is 5.32. The zero-order valence-electron chi connectivity index (χ0n) is 11.4. The summed E-state index contributed by atoms with van der Waals surface area (Å²) < 4.78 is 5.34. The lowest BCUT2D eigenvalue weighted by Crippen LogP contribution is -2.10. The Bertz CT molecular complexity index is 503. The minimum atomic E-state index is 0.205. The van der Waals surface area contributed by atoms with Gasteiger partial charge in [0.15, 0.2) is 0 Å². The molecule has 2 nitrogen and oxygen atoms in total. The van der Waals surface area contributed by atoms with Gasteiger partial charge in [-0.3, -0.25) is 0 Å². The van der Waals surface area contributed by atoms with Crippen molar-refractivity contribution in [3.63, 3.8) is 0 Å². The van der Waals surface area contributed by atoms with Crippen LogP contribution in [0.15, 0.2) is 41.0 Å². The summed E-state index contributed by atoms with van der Waals surface area (Å²) in [6, 6.07) is 10.8. The molecule has 0 unspecified atom stereocenters. The molecule has 0 atom stereocenters. The highest BCUT2D eigenvalue weighted by Crippen LogP contribution is 2.23. The Hall–Kier alpha value is -1.54. The number of rotatable bonds is 3. The molecule has 18 heavy (non-hydrogen) atoms. The van der Waals surface area contributed by atoms with E-state index in [2.05, 4.69) is 45.0 Å². The first kappa shape index (κ1) is 12.9. The molecule has 2 N–H and O–H groups in total. The molecule has 2 rings (SSSR count). The van der Waals surface area contributed by atoms with Crippen molar-refractivity contribution in [2.75, 3.05) is 0 Å². The van der Waals surface area contributed by atoms with Gasteiger partial charge < -0.3 is 10.2 Å². The molecule has 0 aliphatic rings. The fourth-order valence-electron chi connectivity index (χ4n) is 2.05. The maximum absolute atomic E-state index is 5.64. The zero-order chi connectivity index (χ0) is 13.2. The van der Waals surface area contributed by atoms with Gasteiger partial charge in [0, 0.05) is 6.42 Å². The number of nitrogens with two attached hydrogens (primary N) is 1. The monoisotopic (exact) mass is 243 g/mol. The van der Waals surface area contributed by atoms with Gasteiger partial charge in [-0.1, -0.05) is 45.0 Å². The quantitative estimate of drug-likeness (QED) is 0.894. The fraction of sp³-hybridized carbons (Fsp3) is 0.375. The third-order valence-corrected chi connectivity index (χ3v) is 3.24. The average Bonchev–Trinajstić information content (AvgIpc) is 2.76. The van der Waals surface area contributed by atoms with E-state index < -0.39 is 0 Å². The van der Waals surface area contributed by atoms with Crippen molar-refractivity contribution in [3.05, 3.63) is 59.0 Å². The maximum atomic E-state index is 5.64. The third-order valence-electron chi connectivity index (χ3n) is 3.24. The lowest BCUT2D eigenvalue weighted by atomic mass is 9.86. The van der Waals surface area contributed by atoms with Gasteiger partial charge >= 0.3 is 0 Å². The lowest BCUT2D eigenvalue weighted by Gasteiger charge is -2.19. The van der Waals surface area contributed by atoms with Crippen LogP contribution in [0, 0.1) is 0 Å². The summed E-state index contributed by atoms with van der Waals surface area (Å²) in [6.07, 6.45) is 2.59. The highest BCUT2D eigenvalue weighted by atomic mass is 16.3. The largest absolute Gasteiger partial charge is 0.468 e. The first-order valence-electron chi connectivity index (χ1n) is 6.35. The van der Waals surface area contributed by atoms with E-state index in [9.17, 15) is 0 Å². The van der Waals surface area contributed by atoms with Crippen LogP contribution in [0.1, 0.15) is 43.2 Å². The molecule has 2 aromatic rings. The molecular formula is C16H21NO. The predicted octanol–water partition coefficient (Wildman–Crippen LogP) is 3.63. The van der Waals surface area contributed by atoms with Gasteiger partial charge in [0.2, 0.25) is 0 Å². The van der Waals surface area contributed by atoms with Crippen LogP contribution in [0.5, 0.6) is 0 Å². The Balaban J connectivity index is 2.16. The molecule has 96 valence electrons. The summed E-state index contributed by atoms with van der Waals surface area (Å²) >= 11 is 0. The molecule has 2 heteroatoms. The minimum absolute atomic E-state index is 0.205. The first-order valence-corrected chi connectivity index (χ1v) is 6.35. The Morgan fingerprint density at radius 2 is 1.72 bits per heavy atom. The van der Waals surface area contributed by atoms with E-state index >= 15 is 0 Å². The van der Waals surface area contributed by atoms with Crippen LogP contribution in [0.4, 0.5) is 0 Å². The summed E-state index contributed by atoms with van der Waals surface area (Å²) in [5.74, 6) is 0.884. The second-order valence-corrected chi connectivity index (χ2v) is 5.70. The van der Waals surface area contributed by atoms with E-state index in [-0.39, 0.29) is 5.41 Å². The number of hydrogen-bond donors (Lipinski definition) is 1. The van der Waals surface area contributed by atoms with E-state index in [0.29, 0.717) is 6.54 Å². The molecule has 0 saturated heterocycles. The van der Waals surface area contributed by atoms with Crippen molar-refractivity contribution in [1.29, 1.82) is 0 Å². The fourth-order valence-corrected chi connectivity index (χ4v) is 2.05. The van der Waals surface area contributed by atoms with Crippen LogP contribution in [0.3, 0.4) is 0 Å². The van der Waals surface area contributed by atoms with Crippen molar-refractivity contribution in [3.8, 4) is 0 Å². The lowest BCUT2D eigenvalue weighted by molar-refractivity contribution is 0.508. The van der Waals surface area contributed by atoms with Crippen LogP contribution < -0.4 is 5.73 Å².